The van der Waals surface area contributed by atoms with Gasteiger partial charge in [-0.3, -0.25) is 19.2 Å². The molecule has 7 aromatic rings. The SMILES string of the molecule is C[C@@H]1[C@@H]([Si](C)(C)O)[C@H](CC(=O)N2Cc3ccccc3C[C@H]2CO)O[C@@]12C(=O)N(Cc1cccc(NC(=O)Cc3c[nH]c4ccccc34)c1)c1ccc(NC(=O)Cc3c[nH]c4ccccc34)cc12. The highest BCUT2D eigenvalue weighted by molar-refractivity contribution is 6.71. The van der Waals surface area contributed by atoms with Crippen molar-refractivity contribution in [1.82, 2.24) is 14.9 Å². The Hall–Kier alpha value is -6.84. The highest BCUT2D eigenvalue weighted by atomic mass is 28.4. The molecule has 342 valence electrons. The van der Waals surface area contributed by atoms with Gasteiger partial charge in [0.1, 0.15) is 0 Å². The molecule has 5 atom stereocenters. The fourth-order valence-electron chi connectivity index (χ4n) is 11.1. The first-order chi connectivity index (χ1) is 32.3. The minimum absolute atomic E-state index is 0.101. The third-order valence-corrected chi connectivity index (χ3v) is 16.6. The zero-order valence-corrected chi connectivity index (χ0v) is 38.7. The molecule has 0 unspecified atom stereocenters. The van der Waals surface area contributed by atoms with Gasteiger partial charge in [0.05, 0.1) is 50.2 Å². The van der Waals surface area contributed by atoms with Gasteiger partial charge in [0.2, 0.25) is 17.7 Å². The third kappa shape index (κ3) is 8.13. The molecule has 0 bridgehead atoms. The molecular formula is C53H54N6O7Si. The summed E-state index contributed by atoms with van der Waals surface area (Å²) in [7, 11) is -3.18. The molecule has 5 heterocycles. The monoisotopic (exact) mass is 914 g/mol. The van der Waals surface area contributed by atoms with Crippen molar-refractivity contribution in [3.63, 3.8) is 0 Å². The van der Waals surface area contributed by atoms with Crippen molar-refractivity contribution in [3.05, 3.63) is 161 Å². The Bertz CT molecular complexity index is 3070. The number of aromatic amines is 2. The molecule has 14 heteroatoms. The summed E-state index contributed by atoms with van der Waals surface area (Å²) in [5.74, 6) is -1.58. The van der Waals surface area contributed by atoms with Crippen molar-refractivity contribution < 1.29 is 33.8 Å². The maximum absolute atomic E-state index is 15.5. The van der Waals surface area contributed by atoms with Crippen LogP contribution in [0, 0.1) is 5.92 Å². The number of fused-ring (bicyclic) bond motifs is 5. The molecule has 1 spiro atoms. The lowest BCUT2D eigenvalue weighted by atomic mass is 9.82. The Balaban J connectivity index is 0.962. The van der Waals surface area contributed by atoms with E-state index in [1.807, 2.05) is 136 Å². The summed E-state index contributed by atoms with van der Waals surface area (Å²) in [6.07, 6.45) is 3.55. The number of aliphatic hydroxyl groups is 1. The average Bonchev–Trinajstić information content (AvgIpc) is 4.05. The van der Waals surface area contributed by atoms with Crippen molar-refractivity contribution in [2.45, 2.75) is 82.1 Å². The second-order valence-electron chi connectivity index (χ2n) is 18.9. The number of aliphatic hydroxyl groups excluding tert-OH is 1. The van der Waals surface area contributed by atoms with Gasteiger partial charge in [-0.1, -0.05) is 79.7 Å². The Kier molecular flexibility index (Phi) is 11.4. The van der Waals surface area contributed by atoms with E-state index in [2.05, 4.69) is 20.6 Å². The number of H-pyrrole nitrogens is 2. The first-order valence-electron chi connectivity index (χ1n) is 22.9. The fraction of sp³-hybridized carbons (Fsp3) is 0.283. The van der Waals surface area contributed by atoms with Gasteiger partial charge in [-0.05, 0) is 89.8 Å². The molecular weight excluding hydrogens is 861 g/mol. The number of nitrogens with one attached hydrogen (secondary N) is 4. The minimum Gasteiger partial charge on any atom is -0.432 e. The Morgan fingerprint density at radius 2 is 1.40 bits per heavy atom. The summed E-state index contributed by atoms with van der Waals surface area (Å²) >= 11 is 0. The number of rotatable bonds is 12. The van der Waals surface area contributed by atoms with Crippen LogP contribution in [0.1, 0.15) is 46.7 Å². The number of nitrogens with zero attached hydrogens (tertiary/aromatic N) is 2. The van der Waals surface area contributed by atoms with Crippen LogP contribution in [0.15, 0.2) is 128 Å². The van der Waals surface area contributed by atoms with Crippen molar-refractivity contribution in [2.24, 2.45) is 5.92 Å². The molecule has 1 saturated heterocycles. The summed E-state index contributed by atoms with van der Waals surface area (Å²) in [6.45, 7) is 5.81. The minimum atomic E-state index is -3.18. The van der Waals surface area contributed by atoms with Gasteiger partial charge in [0.15, 0.2) is 13.9 Å². The molecule has 10 rings (SSSR count). The second kappa shape index (κ2) is 17.4. The number of ether oxygens (including phenoxy) is 1. The van der Waals surface area contributed by atoms with Crippen LogP contribution in [-0.2, 0) is 61.9 Å². The molecule has 0 aliphatic carbocycles. The maximum Gasteiger partial charge on any atom is 0.264 e. The molecule has 3 aliphatic rings. The van der Waals surface area contributed by atoms with Gasteiger partial charge in [0, 0.05) is 69.1 Å². The summed E-state index contributed by atoms with van der Waals surface area (Å²) in [4.78, 5) is 79.0. The highest BCUT2D eigenvalue weighted by Gasteiger charge is 2.66. The molecule has 67 heavy (non-hydrogen) atoms. The first kappa shape index (κ1) is 44.0. The van der Waals surface area contributed by atoms with Crippen LogP contribution in [0.2, 0.25) is 18.6 Å². The molecule has 2 aromatic heterocycles. The number of para-hydroxylation sites is 2. The predicted molar refractivity (Wildman–Crippen MR) is 261 cm³/mol. The second-order valence-corrected chi connectivity index (χ2v) is 22.9. The van der Waals surface area contributed by atoms with E-state index in [9.17, 15) is 24.3 Å². The summed E-state index contributed by atoms with van der Waals surface area (Å²) in [5.41, 5.74) is 6.49. The predicted octanol–water partition coefficient (Wildman–Crippen LogP) is 7.69. The Morgan fingerprint density at radius 1 is 0.791 bits per heavy atom. The molecule has 0 radical (unpaired) electrons. The topological polar surface area (TPSA) is 180 Å². The van der Waals surface area contributed by atoms with Crippen molar-refractivity contribution in [1.29, 1.82) is 0 Å². The van der Waals surface area contributed by atoms with Gasteiger partial charge in [0.25, 0.3) is 5.91 Å². The summed E-state index contributed by atoms with van der Waals surface area (Å²) in [5, 5.41) is 18.5. The van der Waals surface area contributed by atoms with E-state index in [1.165, 1.54) is 0 Å². The first-order valence-corrected chi connectivity index (χ1v) is 26.0. The van der Waals surface area contributed by atoms with Crippen LogP contribution in [-0.4, -0.2) is 75.5 Å². The lowest BCUT2D eigenvalue weighted by molar-refractivity contribution is -0.151. The zero-order valence-electron chi connectivity index (χ0n) is 37.7. The highest BCUT2D eigenvalue weighted by Crippen LogP contribution is 2.60. The Labute approximate surface area is 389 Å². The van der Waals surface area contributed by atoms with E-state index in [0.29, 0.717) is 35.6 Å². The van der Waals surface area contributed by atoms with Crippen molar-refractivity contribution >= 4 is 70.8 Å². The number of hydrogen-bond donors (Lipinski definition) is 6. The van der Waals surface area contributed by atoms with E-state index in [4.69, 9.17) is 4.74 Å². The van der Waals surface area contributed by atoms with E-state index >= 15 is 4.79 Å². The van der Waals surface area contributed by atoms with Crippen LogP contribution in [0.3, 0.4) is 0 Å². The normalized spacial score (nSPS) is 21.2. The number of hydrogen-bond acceptors (Lipinski definition) is 7. The largest absolute Gasteiger partial charge is 0.432 e. The molecule has 4 amide bonds. The number of amides is 4. The quantitative estimate of drug-likeness (QED) is 0.0680. The molecule has 1 fully saturated rings. The summed E-state index contributed by atoms with van der Waals surface area (Å²) < 4.78 is 7.12. The molecule has 6 N–H and O–H groups in total. The van der Waals surface area contributed by atoms with E-state index in [-0.39, 0.29) is 56.0 Å². The van der Waals surface area contributed by atoms with Crippen molar-refractivity contribution in [3.8, 4) is 0 Å². The van der Waals surface area contributed by atoms with Gasteiger partial charge < -0.3 is 45.0 Å². The molecule has 5 aromatic carbocycles. The van der Waals surface area contributed by atoms with Crippen molar-refractivity contribution in [2.75, 3.05) is 22.1 Å². The standard InChI is InChI=1S/C53H54N6O7Si/c1-32-51(67(2,3)65)47(26-50(63)58-30-35-13-5-4-12-34(35)22-40(58)31-60)66-53(32)43-25-39(57-49(62)24-37-28-55-45-18-9-7-16-42(37)45)19-20-46(43)59(52(53)64)29-33-11-10-14-38(21-33)56-48(61)23-36-27-54-44-17-8-6-15-41(36)44/h4-21,25,27-28,32,40,47,51,54-55,60,65H,22-24,26,29-31H2,1-3H3,(H,56,61)(H,57,62)/t32-,40+,47+,51-,53+/m1/s1. The number of anilines is 3. The summed E-state index contributed by atoms with van der Waals surface area (Å²) in [6, 6.07) is 35.9. The van der Waals surface area contributed by atoms with Crippen LogP contribution < -0.4 is 15.5 Å². The van der Waals surface area contributed by atoms with Gasteiger partial charge in [-0.15, -0.1) is 0 Å². The van der Waals surface area contributed by atoms with Gasteiger partial charge in [-0.2, -0.15) is 0 Å². The van der Waals surface area contributed by atoms with Crippen LogP contribution in [0.4, 0.5) is 17.1 Å². The number of aromatic nitrogens is 2. The number of benzene rings is 5. The van der Waals surface area contributed by atoms with E-state index in [1.54, 1.807) is 21.9 Å². The lowest BCUT2D eigenvalue weighted by Crippen LogP contribution is -2.48. The third-order valence-electron chi connectivity index (χ3n) is 14.1. The number of carbonyl (C=O) groups is 4. The smallest absolute Gasteiger partial charge is 0.264 e. The van der Waals surface area contributed by atoms with Crippen LogP contribution in [0.25, 0.3) is 21.8 Å². The van der Waals surface area contributed by atoms with Gasteiger partial charge in [-0.25, -0.2) is 0 Å². The van der Waals surface area contributed by atoms with E-state index in [0.717, 1.165) is 49.6 Å². The van der Waals surface area contributed by atoms with Crippen LogP contribution in [0.5, 0.6) is 0 Å². The number of carbonyl (C=O) groups excluding carboxylic acids is 4. The fourth-order valence-corrected chi connectivity index (χ4v) is 13.6. The Morgan fingerprint density at radius 3 is 2.04 bits per heavy atom. The van der Waals surface area contributed by atoms with Gasteiger partial charge >= 0.3 is 0 Å². The van der Waals surface area contributed by atoms with E-state index < -0.39 is 37.5 Å². The maximum atomic E-state index is 15.5. The zero-order chi connectivity index (χ0) is 46.6. The lowest BCUT2D eigenvalue weighted by Gasteiger charge is -2.37. The van der Waals surface area contributed by atoms with Crippen LogP contribution >= 0.6 is 0 Å². The molecule has 0 saturated carbocycles. The molecule has 13 nitrogen and oxygen atoms in total. The average molecular weight is 915 g/mol. The molecule has 3 aliphatic heterocycles.